The Kier molecular flexibility index (Phi) is 6.78. The van der Waals surface area contributed by atoms with Crippen LogP contribution in [0, 0.1) is 0 Å². The lowest BCUT2D eigenvalue weighted by molar-refractivity contribution is 0.761. The molecule has 0 amide bonds. The number of aliphatic imine (C=N–C) groups is 1. The Morgan fingerprint density at radius 1 is 1.30 bits per heavy atom. The van der Waals surface area contributed by atoms with Gasteiger partial charge in [-0.05, 0) is 37.5 Å². The Morgan fingerprint density at radius 3 is 2.85 bits per heavy atom. The van der Waals surface area contributed by atoms with Crippen LogP contribution in [0.1, 0.15) is 25.3 Å². The highest BCUT2D eigenvalue weighted by Crippen LogP contribution is 2.25. The molecule has 0 radical (unpaired) electrons. The van der Waals surface area contributed by atoms with Crippen LogP contribution in [-0.2, 0) is 6.42 Å². The van der Waals surface area contributed by atoms with E-state index in [0.717, 1.165) is 37.3 Å². The molecule has 3 nitrogen and oxygen atoms in total. The van der Waals surface area contributed by atoms with E-state index < -0.39 is 0 Å². The molecule has 1 heterocycles. The Balaban J connectivity index is 1.74. The van der Waals surface area contributed by atoms with Crippen molar-refractivity contribution in [2.75, 3.05) is 25.4 Å². The van der Waals surface area contributed by atoms with Crippen molar-refractivity contribution in [1.29, 1.82) is 0 Å². The van der Waals surface area contributed by atoms with E-state index in [0.29, 0.717) is 0 Å². The summed E-state index contributed by atoms with van der Waals surface area (Å²) in [5.41, 5.74) is 1.36. The van der Waals surface area contributed by atoms with Crippen LogP contribution in [-0.4, -0.2) is 36.6 Å². The molecule has 20 heavy (non-hydrogen) atoms. The second-order valence-corrected chi connectivity index (χ2v) is 6.43. The van der Waals surface area contributed by atoms with Gasteiger partial charge in [-0.1, -0.05) is 30.3 Å². The molecule has 1 aromatic carbocycles. The zero-order valence-electron chi connectivity index (χ0n) is 12.3. The van der Waals surface area contributed by atoms with E-state index >= 15 is 0 Å². The normalized spacial score (nSPS) is 19.1. The summed E-state index contributed by atoms with van der Waals surface area (Å²) in [6.45, 7) is 4.88. The quantitative estimate of drug-likeness (QED) is 0.625. The summed E-state index contributed by atoms with van der Waals surface area (Å²) in [6, 6.07) is 10.6. The molecule has 1 aliphatic heterocycles. The lowest BCUT2D eigenvalue weighted by atomic mass is 10.1. The van der Waals surface area contributed by atoms with Crippen LogP contribution in [0.4, 0.5) is 0 Å². The second-order valence-electron chi connectivity index (χ2n) is 5.02. The van der Waals surface area contributed by atoms with Gasteiger partial charge in [-0.2, -0.15) is 11.8 Å². The van der Waals surface area contributed by atoms with Crippen LogP contribution < -0.4 is 10.6 Å². The van der Waals surface area contributed by atoms with E-state index in [1.54, 1.807) is 0 Å². The fourth-order valence-electron chi connectivity index (χ4n) is 2.29. The largest absolute Gasteiger partial charge is 0.357 e. The van der Waals surface area contributed by atoms with Crippen molar-refractivity contribution in [3.63, 3.8) is 0 Å². The molecular formula is C16H25N3S. The second kappa shape index (κ2) is 8.90. The Hall–Kier alpha value is -1.16. The van der Waals surface area contributed by atoms with Gasteiger partial charge in [-0.25, -0.2) is 0 Å². The van der Waals surface area contributed by atoms with Gasteiger partial charge >= 0.3 is 0 Å². The lowest BCUT2D eigenvalue weighted by Gasteiger charge is -2.12. The van der Waals surface area contributed by atoms with E-state index in [2.05, 4.69) is 59.7 Å². The molecule has 0 spiro atoms. The topological polar surface area (TPSA) is 36.4 Å². The zero-order valence-corrected chi connectivity index (χ0v) is 13.1. The van der Waals surface area contributed by atoms with E-state index in [9.17, 15) is 0 Å². The van der Waals surface area contributed by atoms with Gasteiger partial charge in [0.2, 0.25) is 0 Å². The third-order valence-electron chi connectivity index (χ3n) is 3.37. The van der Waals surface area contributed by atoms with Crippen LogP contribution in [0.15, 0.2) is 35.3 Å². The minimum atomic E-state index is 0.722. The number of thioether (sulfide) groups is 1. The molecule has 0 saturated carbocycles. The monoisotopic (exact) mass is 291 g/mol. The third-order valence-corrected chi connectivity index (χ3v) is 4.75. The standard InChI is InChI=1S/C16H25N3S/c1-2-17-16(19-13-15-9-6-12-20-15)18-11-10-14-7-4-3-5-8-14/h3-5,7-8,15H,2,6,9-13H2,1H3,(H2,17,18,19). The molecule has 1 aromatic rings. The van der Waals surface area contributed by atoms with Crippen LogP contribution in [0.2, 0.25) is 0 Å². The summed E-state index contributed by atoms with van der Waals surface area (Å²) < 4.78 is 0. The summed E-state index contributed by atoms with van der Waals surface area (Å²) in [6.07, 6.45) is 3.70. The molecule has 2 rings (SSSR count). The van der Waals surface area contributed by atoms with E-state index in [1.807, 2.05) is 0 Å². The van der Waals surface area contributed by atoms with E-state index in [4.69, 9.17) is 4.99 Å². The molecule has 110 valence electrons. The average molecular weight is 291 g/mol. The van der Waals surface area contributed by atoms with Crippen molar-refractivity contribution in [1.82, 2.24) is 10.6 Å². The van der Waals surface area contributed by atoms with Gasteiger partial charge in [0.25, 0.3) is 0 Å². The maximum atomic E-state index is 4.70. The molecule has 0 aromatic heterocycles. The maximum Gasteiger partial charge on any atom is 0.191 e. The summed E-state index contributed by atoms with van der Waals surface area (Å²) in [5.74, 6) is 2.26. The molecule has 1 unspecified atom stereocenters. The number of benzene rings is 1. The van der Waals surface area contributed by atoms with Crippen LogP contribution in [0.5, 0.6) is 0 Å². The van der Waals surface area contributed by atoms with Crippen molar-refractivity contribution < 1.29 is 0 Å². The van der Waals surface area contributed by atoms with Gasteiger partial charge in [-0.3, -0.25) is 4.99 Å². The fourth-order valence-corrected chi connectivity index (χ4v) is 3.47. The number of nitrogens with zero attached hydrogens (tertiary/aromatic N) is 1. The first-order valence-electron chi connectivity index (χ1n) is 7.56. The minimum Gasteiger partial charge on any atom is -0.357 e. The van der Waals surface area contributed by atoms with Gasteiger partial charge in [-0.15, -0.1) is 0 Å². The van der Waals surface area contributed by atoms with Crippen LogP contribution in [0.3, 0.4) is 0 Å². The first-order valence-corrected chi connectivity index (χ1v) is 8.61. The third kappa shape index (κ3) is 5.45. The van der Waals surface area contributed by atoms with Gasteiger partial charge in [0.1, 0.15) is 0 Å². The van der Waals surface area contributed by atoms with Gasteiger partial charge in [0, 0.05) is 18.3 Å². The lowest BCUT2D eigenvalue weighted by Crippen LogP contribution is -2.38. The Bertz CT molecular complexity index is 399. The van der Waals surface area contributed by atoms with Crippen LogP contribution >= 0.6 is 11.8 Å². The highest BCUT2D eigenvalue weighted by atomic mass is 32.2. The van der Waals surface area contributed by atoms with Crippen molar-refractivity contribution in [3.8, 4) is 0 Å². The van der Waals surface area contributed by atoms with Crippen LogP contribution in [0.25, 0.3) is 0 Å². The fraction of sp³-hybridized carbons (Fsp3) is 0.562. The Morgan fingerprint density at radius 2 is 2.15 bits per heavy atom. The molecule has 1 aliphatic rings. The van der Waals surface area contributed by atoms with Gasteiger partial charge < -0.3 is 10.6 Å². The number of hydrogen-bond acceptors (Lipinski definition) is 2. The maximum absolute atomic E-state index is 4.70. The number of guanidine groups is 1. The predicted molar refractivity (Wildman–Crippen MR) is 89.6 cm³/mol. The number of nitrogens with one attached hydrogen (secondary N) is 2. The molecule has 4 heteroatoms. The molecule has 2 N–H and O–H groups in total. The average Bonchev–Trinajstić information content (AvgIpc) is 2.99. The first kappa shape index (κ1) is 15.2. The van der Waals surface area contributed by atoms with Gasteiger partial charge in [0.15, 0.2) is 5.96 Å². The van der Waals surface area contributed by atoms with Crippen molar-refractivity contribution in [3.05, 3.63) is 35.9 Å². The molecule has 0 aliphatic carbocycles. The molecule has 1 atom stereocenters. The predicted octanol–water partition coefficient (Wildman–Crippen LogP) is 2.68. The first-order chi connectivity index (χ1) is 9.88. The molecular weight excluding hydrogens is 266 g/mol. The SMILES string of the molecule is CCNC(=NCC1CCCS1)NCCc1ccccc1. The minimum absolute atomic E-state index is 0.722. The van der Waals surface area contributed by atoms with Crippen molar-refractivity contribution in [2.45, 2.75) is 31.4 Å². The highest BCUT2D eigenvalue weighted by molar-refractivity contribution is 8.00. The van der Waals surface area contributed by atoms with E-state index in [-0.39, 0.29) is 0 Å². The number of rotatable bonds is 6. The van der Waals surface area contributed by atoms with Crippen molar-refractivity contribution >= 4 is 17.7 Å². The smallest absolute Gasteiger partial charge is 0.191 e. The van der Waals surface area contributed by atoms with Gasteiger partial charge in [0.05, 0.1) is 6.54 Å². The summed E-state index contributed by atoms with van der Waals surface area (Å²) in [4.78, 5) is 4.70. The molecule has 1 fully saturated rings. The summed E-state index contributed by atoms with van der Waals surface area (Å²) in [5, 5.41) is 7.47. The van der Waals surface area contributed by atoms with Crippen molar-refractivity contribution in [2.24, 2.45) is 4.99 Å². The number of hydrogen-bond donors (Lipinski definition) is 2. The molecule has 1 saturated heterocycles. The highest BCUT2D eigenvalue weighted by Gasteiger charge is 2.14. The Labute approximate surface area is 126 Å². The van der Waals surface area contributed by atoms with E-state index in [1.165, 1.54) is 24.2 Å². The summed E-state index contributed by atoms with van der Waals surface area (Å²) in [7, 11) is 0. The molecule has 0 bridgehead atoms. The zero-order chi connectivity index (χ0) is 14.0. The summed E-state index contributed by atoms with van der Waals surface area (Å²) >= 11 is 2.06.